The fraction of sp³-hybridized carbons (Fsp3) is 0.615. The molecule has 1 aliphatic heterocycles. The van der Waals surface area contributed by atoms with Crippen LogP contribution in [0, 0.1) is 0 Å². The molecule has 0 saturated carbocycles. The van der Waals surface area contributed by atoms with Gasteiger partial charge in [0.05, 0.1) is 12.4 Å². The van der Waals surface area contributed by atoms with Crippen LogP contribution in [0.3, 0.4) is 0 Å². The largest absolute Gasteiger partial charge is 0.478 e. The molecule has 0 unspecified atom stereocenters. The lowest BCUT2D eigenvalue weighted by Gasteiger charge is -2.14. The lowest BCUT2D eigenvalue weighted by molar-refractivity contribution is -0.132. The quantitative estimate of drug-likeness (QED) is 0.433. The van der Waals surface area contributed by atoms with Gasteiger partial charge in [0.25, 0.3) is 10.1 Å². The average Bonchev–Trinajstić information content (AvgIpc) is 2.80. The number of rotatable bonds is 6. The first-order chi connectivity index (χ1) is 9.65. The molecule has 2 N–H and O–H groups in total. The van der Waals surface area contributed by atoms with E-state index in [1.165, 1.54) is 13.0 Å². The number of nitrogens with zero attached hydrogens (tertiary/aromatic N) is 2. The van der Waals surface area contributed by atoms with E-state index >= 15 is 0 Å². The molecule has 0 aromatic carbocycles. The zero-order valence-electron chi connectivity index (χ0n) is 12.7. The van der Waals surface area contributed by atoms with Gasteiger partial charge in [0.15, 0.2) is 0 Å². The highest BCUT2D eigenvalue weighted by Gasteiger charge is 2.04. The molecule has 0 radical (unpaired) electrons. The van der Waals surface area contributed by atoms with Crippen molar-refractivity contribution in [1.29, 1.82) is 0 Å². The maximum absolute atomic E-state index is 10.3. The number of hydrogen-bond donors (Lipinski definition) is 2. The second kappa shape index (κ2) is 9.41. The molecule has 0 aromatic rings. The van der Waals surface area contributed by atoms with Crippen molar-refractivity contribution in [1.82, 2.24) is 9.80 Å². The fourth-order valence-corrected chi connectivity index (χ4v) is 2.00. The van der Waals surface area contributed by atoms with Crippen molar-refractivity contribution >= 4 is 16.1 Å². The highest BCUT2D eigenvalue weighted by atomic mass is 32.2. The van der Waals surface area contributed by atoms with E-state index in [4.69, 9.17) is 9.66 Å². The van der Waals surface area contributed by atoms with Crippen LogP contribution in [0.2, 0.25) is 0 Å². The molecule has 0 spiro atoms. The van der Waals surface area contributed by atoms with Crippen molar-refractivity contribution in [2.75, 3.05) is 26.0 Å². The van der Waals surface area contributed by atoms with E-state index in [1.807, 2.05) is 0 Å². The van der Waals surface area contributed by atoms with Gasteiger partial charge in [-0.25, -0.2) is 4.79 Å². The lowest BCUT2D eigenvalue weighted by Crippen LogP contribution is -2.21. The van der Waals surface area contributed by atoms with E-state index in [-0.39, 0.29) is 17.7 Å². The van der Waals surface area contributed by atoms with Crippen molar-refractivity contribution in [3.8, 4) is 0 Å². The van der Waals surface area contributed by atoms with Crippen molar-refractivity contribution in [2.24, 2.45) is 0 Å². The Hall–Kier alpha value is -1.54. The molecular weight excluding hydrogens is 296 g/mol. The molecule has 0 amide bonds. The molecule has 122 valence electrons. The van der Waals surface area contributed by atoms with Crippen molar-refractivity contribution in [3.05, 3.63) is 24.0 Å². The van der Waals surface area contributed by atoms with Crippen LogP contribution in [0.25, 0.3) is 0 Å². The summed E-state index contributed by atoms with van der Waals surface area (Å²) < 4.78 is 28.8. The highest BCUT2D eigenvalue weighted by molar-refractivity contribution is 7.85. The maximum atomic E-state index is 10.3. The summed E-state index contributed by atoms with van der Waals surface area (Å²) in [6.45, 7) is 5.75. The van der Waals surface area contributed by atoms with Gasteiger partial charge < -0.3 is 14.9 Å². The molecular formula is C13H24N2O5S. The molecule has 0 fully saturated rings. The molecule has 0 aliphatic carbocycles. The molecule has 1 rings (SSSR count). The molecule has 0 aromatic heterocycles. The molecule has 1 aliphatic rings. The average molecular weight is 320 g/mol. The fourth-order valence-electron chi connectivity index (χ4n) is 1.47. The van der Waals surface area contributed by atoms with Crippen LogP contribution in [0.1, 0.15) is 26.7 Å². The second-order valence-electron chi connectivity index (χ2n) is 4.72. The summed E-state index contributed by atoms with van der Waals surface area (Å²) in [4.78, 5) is 14.7. The number of allylic oxidation sites excluding steroid dienone is 1. The van der Waals surface area contributed by atoms with Crippen molar-refractivity contribution < 1.29 is 22.9 Å². The Morgan fingerprint density at radius 2 is 2.00 bits per heavy atom. The minimum absolute atomic E-state index is 0.176. The molecule has 8 heteroatoms. The summed E-state index contributed by atoms with van der Waals surface area (Å²) >= 11 is 0. The number of aliphatic carboxylic acids is 1. The number of carbonyl (C=O) groups is 1. The summed E-state index contributed by atoms with van der Waals surface area (Å²) in [6, 6.07) is 0. The van der Waals surface area contributed by atoms with E-state index in [9.17, 15) is 13.2 Å². The number of carboxylic acids is 1. The van der Waals surface area contributed by atoms with Gasteiger partial charge >= 0.3 is 5.97 Å². The summed E-state index contributed by atoms with van der Waals surface area (Å²) in [5, 5.41) is 8.41. The third kappa shape index (κ3) is 10.9. The van der Waals surface area contributed by atoms with E-state index in [1.54, 1.807) is 0 Å². The van der Waals surface area contributed by atoms with Gasteiger partial charge in [-0.2, -0.15) is 8.42 Å². The van der Waals surface area contributed by atoms with Crippen LogP contribution in [-0.4, -0.2) is 59.9 Å². The van der Waals surface area contributed by atoms with Gasteiger partial charge in [-0.1, -0.05) is 6.08 Å². The zero-order valence-corrected chi connectivity index (χ0v) is 13.5. The zero-order chi connectivity index (χ0) is 16.5. The standard InChI is InChI=1S/C7H12O5S.C6H12N2/c1-6(7(8)9)4-2-3-5-13(10,11)12;1-3-8-5-4-7(2)6-8/h4H,2-3,5H2,1H3,(H,8,9)(H,10,11,12);4-5H,3,6H2,1-2H3. The number of carboxylic acid groups (broad SMARTS) is 1. The summed E-state index contributed by atoms with van der Waals surface area (Å²) in [6.07, 6.45) is 6.18. The third-order valence-corrected chi connectivity index (χ3v) is 3.54. The van der Waals surface area contributed by atoms with Crippen molar-refractivity contribution in [3.63, 3.8) is 0 Å². The summed E-state index contributed by atoms with van der Waals surface area (Å²) in [5.74, 6) is -1.36. The van der Waals surface area contributed by atoms with Crippen LogP contribution < -0.4 is 0 Å². The van der Waals surface area contributed by atoms with Gasteiger partial charge in [0.2, 0.25) is 0 Å². The Morgan fingerprint density at radius 1 is 1.38 bits per heavy atom. The third-order valence-electron chi connectivity index (χ3n) is 2.74. The molecule has 0 saturated heterocycles. The summed E-state index contributed by atoms with van der Waals surface area (Å²) in [5.41, 5.74) is 0.176. The first-order valence-corrected chi connectivity index (χ1v) is 8.24. The molecule has 1 heterocycles. The number of hydrogen-bond acceptors (Lipinski definition) is 5. The van der Waals surface area contributed by atoms with Gasteiger partial charge in [0.1, 0.15) is 0 Å². The molecule has 7 nitrogen and oxygen atoms in total. The van der Waals surface area contributed by atoms with E-state index in [0.717, 1.165) is 13.2 Å². The summed E-state index contributed by atoms with van der Waals surface area (Å²) in [7, 11) is -1.84. The van der Waals surface area contributed by atoms with Gasteiger partial charge in [-0.05, 0) is 26.7 Å². The molecule has 0 bridgehead atoms. The molecule has 0 atom stereocenters. The lowest BCUT2D eigenvalue weighted by atomic mass is 10.2. The van der Waals surface area contributed by atoms with Crippen LogP contribution in [0.5, 0.6) is 0 Å². The van der Waals surface area contributed by atoms with Crippen molar-refractivity contribution in [2.45, 2.75) is 26.7 Å². The maximum Gasteiger partial charge on any atom is 0.330 e. The van der Waals surface area contributed by atoms with Gasteiger partial charge in [-0.15, -0.1) is 0 Å². The Labute approximate surface area is 126 Å². The topological polar surface area (TPSA) is 98.1 Å². The van der Waals surface area contributed by atoms with Gasteiger partial charge in [-0.3, -0.25) is 4.55 Å². The van der Waals surface area contributed by atoms with Gasteiger partial charge in [0, 0.05) is 31.6 Å². The predicted molar refractivity (Wildman–Crippen MR) is 81.2 cm³/mol. The highest BCUT2D eigenvalue weighted by Crippen LogP contribution is 2.01. The van der Waals surface area contributed by atoms with E-state index < -0.39 is 16.1 Å². The van der Waals surface area contributed by atoms with E-state index in [0.29, 0.717) is 6.42 Å². The Kier molecular flexibility index (Phi) is 8.72. The number of unbranched alkanes of at least 4 members (excludes halogenated alkanes) is 1. The predicted octanol–water partition coefficient (Wildman–Crippen LogP) is 1.37. The Bertz CT molecular complexity index is 485. The minimum Gasteiger partial charge on any atom is -0.478 e. The van der Waals surface area contributed by atoms with Crippen LogP contribution >= 0.6 is 0 Å². The second-order valence-corrected chi connectivity index (χ2v) is 6.29. The smallest absolute Gasteiger partial charge is 0.330 e. The first kappa shape index (κ1) is 19.5. The minimum atomic E-state index is -3.92. The Morgan fingerprint density at radius 3 is 2.33 bits per heavy atom. The van der Waals surface area contributed by atoms with Crippen LogP contribution in [0.15, 0.2) is 24.0 Å². The van der Waals surface area contributed by atoms with E-state index in [2.05, 4.69) is 36.2 Å². The first-order valence-electron chi connectivity index (χ1n) is 6.63. The monoisotopic (exact) mass is 320 g/mol. The normalized spacial score (nSPS) is 15.0. The SMILES string of the molecule is CC(=CCCCS(=O)(=O)O)C(=O)O.CCN1C=CN(C)C1. The van der Waals surface area contributed by atoms with Crippen LogP contribution in [-0.2, 0) is 14.9 Å². The molecule has 21 heavy (non-hydrogen) atoms. The van der Waals surface area contributed by atoms with Crippen LogP contribution in [0.4, 0.5) is 0 Å². The Balaban J connectivity index is 0.000000423.